The van der Waals surface area contributed by atoms with Crippen LogP contribution in [-0.2, 0) is 29.4 Å². The van der Waals surface area contributed by atoms with Gasteiger partial charge in [0, 0.05) is 19.9 Å². The molecule has 0 amide bonds. The van der Waals surface area contributed by atoms with Crippen LogP contribution in [0.1, 0.15) is 37.6 Å². The number of methoxy groups -OCH3 is 1. The predicted molar refractivity (Wildman–Crippen MR) is 64.9 cm³/mol. The van der Waals surface area contributed by atoms with Crippen molar-refractivity contribution in [1.29, 1.82) is 0 Å². The molecule has 0 radical (unpaired) electrons. The van der Waals surface area contributed by atoms with Crippen LogP contribution in [0.25, 0.3) is 0 Å². The molecule has 1 fully saturated rings. The number of Topliss-reactive ketones (excluding diaryl/α,β-unsaturated/α-hetero) is 1. The Morgan fingerprint density at radius 3 is 2.71 bits per heavy atom. The van der Waals surface area contributed by atoms with Gasteiger partial charge in [0.15, 0.2) is 5.78 Å². The molecule has 1 heterocycles. The Balaban J connectivity index is 2.09. The maximum atomic E-state index is 12.2. The molecule has 4 nitrogen and oxygen atoms in total. The van der Waals surface area contributed by atoms with Gasteiger partial charge in [0.25, 0.3) is 0 Å². The van der Waals surface area contributed by atoms with E-state index in [0.29, 0.717) is 6.42 Å². The minimum Gasteiger partial charge on any atom is -0.370 e. The first-order valence-corrected chi connectivity index (χ1v) is 6.21. The summed E-state index contributed by atoms with van der Waals surface area (Å²) >= 11 is 0. The topological polar surface area (TPSA) is 44.1 Å². The van der Waals surface area contributed by atoms with Crippen LogP contribution < -0.4 is 0 Å². The van der Waals surface area contributed by atoms with Crippen molar-refractivity contribution >= 4 is 5.78 Å². The largest absolute Gasteiger partial charge is 0.370 e. The molecule has 0 aliphatic heterocycles. The van der Waals surface area contributed by atoms with Crippen molar-refractivity contribution in [2.75, 3.05) is 7.11 Å². The SMILES string of the molecule is CCc1cc(CC(=O)C2(OC)CCC2)n(C)n1. The van der Waals surface area contributed by atoms with Crippen LogP contribution in [0.2, 0.25) is 0 Å². The molecular weight excluding hydrogens is 216 g/mol. The van der Waals surface area contributed by atoms with E-state index in [1.54, 1.807) is 11.8 Å². The predicted octanol–water partition coefficient (Wildman–Crippen LogP) is 1.66. The zero-order valence-electron chi connectivity index (χ0n) is 10.8. The third-order valence-corrected chi connectivity index (χ3v) is 3.79. The normalized spacial score (nSPS) is 17.8. The summed E-state index contributed by atoms with van der Waals surface area (Å²) in [4.78, 5) is 12.2. The van der Waals surface area contributed by atoms with Gasteiger partial charge in [-0.15, -0.1) is 0 Å². The first kappa shape index (κ1) is 12.3. The van der Waals surface area contributed by atoms with E-state index < -0.39 is 5.60 Å². The number of rotatable bonds is 5. The third kappa shape index (κ3) is 2.14. The van der Waals surface area contributed by atoms with Crippen molar-refractivity contribution in [1.82, 2.24) is 9.78 Å². The van der Waals surface area contributed by atoms with Crippen LogP contribution in [0.3, 0.4) is 0 Å². The summed E-state index contributed by atoms with van der Waals surface area (Å²) < 4.78 is 7.21. The number of hydrogen-bond donors (Lipinski definition) is 0. The highest BCUT2D eigenvalue weighted by molar-refractivity contribution is 5.89. The molecule has 1 aliphatic carbocycles. The van der Waals surface area contributed by atoms with Crippen LogP contribution in [0.5, 0.6) is 0 Å². The van der Waals surface area contributed by atoms with E-state index in [0.717, 1.165) is 37.1 Å². The third-order valence-electron chi connectivity index (χ3n) is 3.79. The molecule has 0 unspecified atom stereocenters. The standard InChI is InChI=1S/C13H20N2O2/c1-4-10-8-11(15(2)14-10)9-12(16)13(17-3)6-5-7-13/h8H,4-7,9H2,1-3H3. The Bertz CT molecular complexity index is 414. The van der Waals surface area contributed by atoms with Crippen molar-refractivity contribution in [2.45, 2.75) is 44.6 Å². The summed E-state index contributed by atoms with van der Waals surface area (Å²) in [7, 11) is 3.53. The smallest absolute Gasteiger partial charge is 0.170 e. The quantitative estimate of drug-likeness (QED) is 0.781. The van der Waals surface area contributed by atoms with Crippen LogP contribution in [0.4, 0.5) is 0 Å². The van der Waals surface area contributed by atoms with E-state index in [9.17, 15) is 4.79 Å². The summed E-state index contributed by atoms with van der Waals surface area (Å²) in [5, 5.41) is 4.36. The van der Waals surface area contributed by atoms with Gasteiger partial charge < -0.3 is 4.74 Å². The van der Waals surface area contributed by atoms with Gasteiger partial charge in [0.2, 0.25) is 0 Å². The number of aromatic nitrogens is 2. The molecule has 0 N–H and O–H groups in total. The van der Waals surface area contributed by atoms with Crippen molar-refractivity contribution in [3.05, 3.63) is 17.5 Å². The summed E-state index contributed by atoms with van der Waals surface area (Å²) in [5.41, 5.74) is 1.52. The summed E-state index contributed by atoms with van der Waals surface area (Å²) in [6, 6.07) is 2.01. The first-order valence-electron chi connectivity index (χ1n) is 6.21. The van der Waals surface area contributed by atoms with Gasteiger partial charge in [-0.3, -0.25) is 9.48 Å². The second-order valence-electron chi connectivity index (χ2n) is 4.76. The first-order chi connectivity index (χ1) is 8.11. The minimum atomic E-state index is -0.503. The monoisotopic (exact) mass is 236 g/mol. The van der Waals surface area contributed by atoms with E-state index in [2.05, 4.69) is 12.0 Å². The molecular formula is C13H20N2O2. The second kappa shape index (κ2) is 4.61. The highest BCUT2D eigenvalue weighted by Crippen LogP contribution is 2.36. The molecule has 4 heteroatoms. The Morgan fingerprint density at radius 2 is 2.29 bits per heavy atom. The molecule has 0 saturated heterocycles. The zero-order valence-corrected chi connectivity index (χ0v) is 10.8. The highest BCUT2D eigenvalue weighted by Gasteiger charge is 2.43. The van der Waals surface area contributed by atoms with Crippen LogP contribution in [-0.4, -0.2) is 28.3 Å². The van der Waals surface area contributed by atoms with Crippen LogP contribution in [0.15, 0.2) is 6.07 Å². The Labute approximate surface area is 102 Å². The fourth-order valence-corrected chi connectivity index (χ4v) is 2.33. The number of nitrogens with zero attached hydrogens (tertiary/aromatic N) is 2. The fourth-order valence-electron chi connectivity index (χ4n) is 2.33. The van der Waals surface area contributed by atoms with Gasteiger partial charge in [-0.05, 0) is 31.7 Å². The van der Waals surface area contributed by atoms with Crippen molar-refractivity contribution < 1.29 is 9.53 Å². The lowest BCUT2D eigenvalue weighted by Crippen LogP contribution is -2.48. The lowest BCUT2D eigenvalue weighted by Gasteiger charge is -2.38. The lowest BCUT2D eigenvalue weighted by atomic mass is 9.75. The number of ether oxygens (including phenoxy) is 1. The van der Waals surface area contributed by atoms with Gasteiger partial charge in [-0.2, -0.15) is 5.10 Å². The Kier molecular flexibility index (Phi) is 3.33. The zero-order chi connectivity index (χ0) is 12.5. The minimum absolute atomic E-state index is 0.192. The average molecular weight is 236 g/mol. The molecule has 0 spiro atoms. The molecule has 1 saturated carbocycles. The number of hydrogen-bond acceptors (Lipinski definition) is 3. The molecule has 1 aromatic heterocycles. The van der Waals surface area contributed by atoms with Crippen molar-refractivity contribution in [3.8, 4) is 0 Å². The summed E-state index contributed by atoms with van der Waals surface area (Å²) in [5.74, 6) is 0.192. The van der Waals surface area contributed by atoms with E-state index in [1.807, 2.05) is 13.1 Å². The van der Waals surface area contributed by atoms with Crippen LogP contribution in [0, 0.1) is 0 Å². The van der Waals surface area contributed by atoms with Gasteiger partial charge >= 0.3 is 0 Å². The average Bonchev–Trinajstić information content (AvgIpc) is 2.59. The van der Waals surface area contributed by atoms with E-state index in [4.69, 9.17) is 4.74 Å². The summed E-state index contributed by atoms with van der Waals surface area (Å²) in [6.07, 6.45) is 4.14. The van der Waals surface area contributed by atoms with E-state index >= 15 is 0 Å². The van der Waals surface area contributed by atoms with Gasteiger partial charge in [0.1, 0.15) is 5.60 Å². The Morgan fingerprint density at radius 1 is 1.59 bits per heavy atom. The maximum absolute atomic E-state index is 12.2. The van der Waals surface area contributed by atoms with Crippen molar-refractivity contribution in [3.63, 3.8) is 0 Å². The summed E-state index contributed by atoms with van der Waals surface area (Å²) in [6.45, 7) is 2.07. The number of carbonyl (C=O) groups excluding carboxylic acids is 1. The maximum Gasteiger partial charge on any atom is 0.170 e. The lowest BCUT2D eigenvalue weighted by molar-refractivity contribution is -0.151. The highest BCUT2D eigenvalue weighted by atomic mass is 16.5. The molecule has 0 aromatic carbocycles. The molecule has 0 atom stereocenters. The molecule has 2 rings (SSSR count). The van der Waals surface area contributed by atoms with Gasteiger partial charge in [-0.25, -0.2) is 0 Å². The number of carbonyl (C=O) groups is 1. The van der Waals surface area contributed by atoms with Crippen molar-refractivity contribution in [2.24, 2.45) is 7.05 Å². The Hall–Kier alpha value is -1.16. The fraction of sp³-hybridized carbons (Fsp3) is 0.692. The second-order valence-corrected chi connectivity index (χ2v) is 4.76. The molecule has 0 bridgehead atoms. The van der Waals surface area contributed by atoms with Crippen LogP contribution >= 0.6 is 0 Å². The van der Waals surface area contributed by atoms with Gasteiger partial charge in [-0.1, -0.05) is 6.92 Å². The number of ketones is 1. The van der Waals surface area contributed by atoms with Gasteiger partial charge in [0.05, 0.1) is 12.1 Å². The molecule has 17 heavy (non-hydrogen) atoms. The molecule has 94 valence electrons. The van der Waals surface area contributed by atoms with E-state index in [-0.39, 0.29) is 5.78 Å². The van der Waals surface area contributed by atoms with E-state index in [1.165, 1.54) is 0 Å². The molecule has 1 aromatic rings. The molecule has 1 aliphatic rings. The number of aryl methyl sites for hydroxylation is 2.